The van der Waals surface area contributed by atoms with E-state index >= 15 is 0 Å². The lowest BCUT2D eigenvalue weighted by Gasteiger charge is -2.37. The van der Waals surface area contributed by atoms with Crippen LogP contribution in [0.25, 0.3) is 10.8 Å². The smallest absolute Gasteiger partial charge is 0.408 e. The van der Waals surface area contributed by atoms with Crippen LogP contribution in [0.3, 0.4) is 0 Å². The Bertz CT molecular complexity index is 1050. The molecule has 9 nitrogen and oxygen atoms in total. The summed E-state index contributed by atoms with van der Waals surface area (Å²) in [6.07, 6.45) is -0.787. The zero-order chi connectivity index (χ0) is 27.0. The van der Waals surface area contributed by atoms with E-state index in [0.717, 1.165) is 10.8 Å². The molecular weight excluding hydrogens is 504 g/mol. The predicted octanol–water partition coefficient (Wildman–Crippen LogP) is 7.26. The molecule has 2 rings (SSSR count). The molecule has 0 fully saturated rings. The number of rotatable bonds is 13. The van der Waals surface area contributed by atoms with Crippen molar-refractivity contribution in [2.45, 2.75) is 65.5 Å². The van der Waals surface area contributed by atoms with Crippen molar-refractivity contribution in [2.24, 2.45) is 0 Å². The molecule has 0 aliphatic heterocycles. The first-order valence-corrected chi connectivity index (χ1v) is 15.4. The molecule has 0 aliphatic carbocycles. The molecule has 202 valence electrons. The first kappa shape index (κ1) is 30.5. The fraction of sp³-hybridized carbons (Fsp3) is 0.560. The van der Waals surface area contributed by atoms with Gasteiger partial charge in [-0.1, -0.05) is 42.5 Å². The maximum absolute atomic E-state index is 14.4. The highest BCUT2D eigenvalue weighted by molar-refractivity contribution is 7.72. The van der Waals surface area contributed by atoms with Gasteiger partial charge in [-0.05, 0) is 64.8 Å². The van der Waals surface area contributed by atoms with Gasteiger partial charge in [0.25, 0.3) is 0 Å². The summed E-state index contributed by atoms with van der Waals surface area (Å²) in [5.74, 6) is 0. The zero-order valence-corrected chi connectivity index (χ0v) is 24.0. The molecule has 36 heavy (non-hydrogen) atoms. The van der Waals surface area contributed by atoms with Gasteiger partial charge in [0.1, 0.15) is 5.60 Å². The van der Waals surface area contributed by atoms with Crippen molar-refractivity contribution in [1.82, 2.24) is 5.32 Å². The van der Waals surface area contributed by atoms with Crippen molar-refractivity contribution in [1.29, 1.82) is 0 Å². The van der Waals surface area contributed by atoms with Crippen molar-refractivity contribution in [3.05, 3.63) is 48.0 Å². The van der Waals surface area contributed by atoms with Gasteiger partial charge in [-0.3, -0.25) is 9.13 Å². The minimum atomic E-state index is -4.20. The summed E-state index contributed by atoms with van der Waals surface area (Å²) in [6.45, 7) is 11.9. The Morgan fingerprint density at radius 2 is 1.28 bits per heavy atom. The second-order valence-electron chi connectivity index (χ2n) is 8.86. The first-order valence-electron chi connectivity index (χ1n) is 12.2. The van der Waals surface area contributed by atoms with Gasteiger partial charge in [0, 0.05) is 0 Å². The maximum Gasteiger partial charge on any atom is 0.408 e. The summed E-state index contributed by atoms with van der Waals surface area (Å²) in [6, 6.07) is 11.8. The predicted molar refractivity (Wildman–Crippen MR) is 142 cm³/mol. The van der Waals surface area contributed by atoms with Crippen molar-refractivity contribution in [2.75, 3.05) is 26.4 Å². The Morgan fingerprint density at radius 3 is 1.75 bits per heavy atom. The Hall–Kier alpha value is -1.73. The Kier molecular flexibility index (Phi) is 11.2. The summed E-state index contributed by atoms with van der Waals surface area (Å²) in [5, 5.41) is 2.92. The molecule has 1 N–H and O–H groups in total. The highest BCUT2D eigenvalue weighted by atomic mass is 31.2. The first-order chi connectivity index (χ1) is 16.9. The van der Waals surface area contributed by atoms with E-state index in [-0.39, 0.29) is 26.4 Å². The Morgan fingerprint density at radius 1 is 0.806 bits per heavy atom. The zero-order valence-electron chi connectivity index (χ0n) is 22.2. The van der Waals surface area contributed by atoms with E-state index in [0.29, 0.717) is 5.56 Å². The van der Waals surface area contributed by atoms with E-state index < -0.39 is 38.3 Å². The van der Waals surface area contributed by atoms with Gasteiger partial charge in [-0.25, -0.2) is 4.79 Å². The van der Waals surface area contributed by atoms with E-state index in [2.05, 4.69) is 5.32 Å². The molecule has 1 unspecified atom stereocenters. The molecular formula is C25H39NO8P2. The molecule has 0 saturated carbocycles. The number of ether oxygens (including phenoxy) is 1. The van der Waals surface area contributed by atoms with Gasteiger partial charge in [-0.2, -0.15) is 0 Å². The van der Waals surface area contributed by atoms with Gasteiger partial charge in [-0.15, -0.1) is 0 Å². The van der Waals surface area contributed by atoms with Crippen LogP contribution in [0.5, 0.6) is 0 Å². The summed E-state index contributed by atoms with van der Waals surface area (Å²) in [4.78, 5) is 13.1. The lowest BCUT2D eigenvalue weighted by atomic mass is 9.99. The van der Waals surface area contributed by atoms with Crippen LogP contribution in [0.2, 0.25) is 0 Å². The van der Waals surface area contributed by atoms with Crippen molar-refractivity contribution in [3.63, 3.8) is 0 Å². The largest absolute Gasteiger partial charge is 0.444 e. The van der Waals surface area contributed by atoms with E-state index in [1.165, 1.54) is 0 Å². The highest BCUT2D eigenvalue weighted by Gasteiger charge is 2.56. The van der Waals surface area contributed by atoms with Crippen molar-refractivity contribution < 1.29 is 36.8 Å². The molecule has 11 heteroatoms. The van der Waals surface area contributed by atoms with E-state index in [1.54, 1.807) is 60.6 Å². The standard InChI is InChI=1S/C25H39NO8P2/c1-8-30-35(28,31-9-2)23(36(29,32-10-3)33-11-4)22(26-24(27)34-25(5,6)7)21-18-14-16-19-15-12-13-17-20(19)21/h12-18,22-23H,8-11H2,1-7H3,(H,26,27). The minimum absolute atomic E-state index is 0.0146. The fourth-order valence-corrected chi connectivity index (χ4v) is 9.49. The van der Waals surface area contributed by atoms with Crippen molar-refractivity contribution in [3.8, 4) is 0 Å². The molecule has 2 aromatic rings. The second-order valence-corrected chi connectivity index (χ2v) is 13.6. The van der Waals surface area contributed by atoms with Crippen LogP contribution in [0.4, 0.5) is 4.79 Å². The summed E-state index contributed by atoms with van der Waals surface area (Å²) in [5.41, 5.74) is -0.265. The third-order valence-electron chi connectivity index (χ3n) is 5.01. The van der Waals surface area contributed by atoms with Gasteiger partial charge >= 0.3 is 21.3 Å². The monoisotopic (exact) mass is 543 g/mol. The number of benzene rings is 2. The van der Waals surface area contributed by atoms with Gasteiger partial charge in [0.15, 0.2) is 5.40 Å². The number of hydrogen-bond donors (Lipinski definition) is 1. The number of nitrogens with one attached hydrogen (secondary N) is 1. The molecule has 0 radical (unpaired) electrons. The average Bonchev–Trinajstić information content (AvgIpc) is 2.77. The lowest BCUT2D eigenvalue weighted by Crippen LogP contribution is -2.40. The van der Waals surface area contributed by atoms with E-state index in [4.69, 9.17) is 22.8 Å². The van der Waals surface area contributed by atoms with Crippen LogP contribution in [-0.4, -0.2) is 43.5 Å². The molecule has 1 atom stereocenters. The third kappa shape index (κ3) is 7.64. The summed E-state index contributed by atoms with van der Waals surface area (Å²) in [7, 11) is -8.40. The minimum Gasteiger partial charge on any atom is -0.444 e. The van der Waals surface area contributed by atoms with Crippen molar-refractivity contribution >= 4 is 32.1 Å². The van der Waals surface area contributed by atoms with Crippen LogP contribution >= 0.6 is 15.2 Å². The molecule has 0 aliphatic rings. The molecule has 0 spiro atoms. The fourth-order valence-electron chi connectivity index (χ4n) is 3.91. The lowest BCUT2D eigenvalue weighted by molar-refractivity contribution is 0.0503. The Labute approximate surface area is 214 Å². The van der Waals surface area contributed by atoms with Gasteiger partial charge in [0.2, 0.25) is 0 Å². The number of carbonyl (C=O) groups is 1. The van der Waals surface area contributed by atoms with Crippen LogP contribution in [0.1, 0.15) is 60.1 Å². The van der Waals surface area contributed by atoms with E-state index in [1.807, 2.05) is 30.3 Å². The normalized spacial score (nSPS) is 13.7. The second kappa shape index (κ2) is 13.2. The highest BCUT2D eigenvalue weighted by Crippen LogP contribution is 2.73. The van der Waals surface area contributed by atoms with Crippen LogP contribution in [0, 0.1) is 0 Å². The molecule has 1 amide bonds. The number of amides is 1. The average molecular weight is 544 g/mol. The molecule has 0 saturated heterocycles. The molecule has 0 heterocycles. The Balaban J connectivity index is 2.88. The number of alkyl carbamates (subject to hydrolysis) is 1. The number of carbonyl (C=O) groups excluding carboxylic acids is 1. The molecule has 0 bridgehead atoms. The van der Waals surface area contributed by atoms with E-state index in [9.17, 15) is 13.9 Å². The van der Waals surface area contributed by atoms with Crippen LogP contribution in [-0.2, 0) is 32.0 Å². The molecule has 2 aromatic carbocycles. The van der Waals surface area contributed by atoms with Gasteiger partial charge < -0.3 is 28.1 Å². The van der Waals surface area contributed by atoms with Gasteiger partial charge in [0.05, 0.1) is 32.5 Å². The number of hydrogen-bond acceptors (Lipinski definition) is 8. The topological polar surface area (TPSA) is 109 Å². The third-order valence-corrected chi connectivity index (χ3v) is 11.1. The number of fused-ring (bicyclic) bond motifs is 1. The quantitative estimate of drug-likeness (QED) is 0.263. The summed E-state index contributed by atoms with van der Waals surface area (Å²) >= 11 is 0. The SMILES string of the molecule is CCOP(=O)(OCC)C(C(NC(=O)OC(C)(C)C)c1cccc2ccccc12)P(=O)(OCC)OCC. The summed E-state index contributed by atoms with van der Waals surface area (Å²) < 4.78 is 56.9. The van der Waals surface area contributed by atoms with Crippen LogP contribution < -0.4 is 5.32 Å². The maximum atomic E-state index is 14.4. The molecule has 0 aromatic heterocycles. The van der Waals surface area contributed by atoms with Crippen LogP contribution in [0.15, 0.2) is 42.5 Å².